The summed E-state index contributed by atoms with van der Waals surface area (Å²) in [6.07, 6.45) is 1.78. The van der Waals surface area contributed by atoms with Gasteiger partial charge < -0.3 is 9.72 Å². The van der Waals surface area contributed by atoms with Crippen molar-refractivity contribution in [2.75, 3.05) is 7.11 Å². The maximum absolute atomic E-state index is 5.20. The fourth-order valence-electron chi connectivity index (χ4n) is 1.22. The largest absolute Gasteiger partial charge is 0.496 e. The average molecular weight is 252 g/mol. The van der Waals surface area contributed by atoms with E-state index in [0.29, 0.717) is 0 Å². The number of benzene rings is 1. The van der Waals surface area contributed by atoms with E-state index in [4.69, 9.17) is 4.74 Å². The van der Waals surface area contributed by atoms with Crippen molar-refractivity contribution in [2.45, 2.75) is 0 Å². The fraction of sp³-hybridized carbons (Fsp3) is 0.100. The monoisotopic (exact) mass is 251 g/mol. The van der Waals surface area contributed by atoms with Gasteiger partial charge in [-0.1, -0.05) is 6.07 Å². The molecule has 2 aromatic rings. The van der Waals surface area contributed by atoms with E-state index in [0.717, 1.165) is 21.7 Å². The molecule has 0 saturated heterocycles. The van der Waals surface area contributed by atoms with Crippen LogP contribution in [0.25, 0.3) is 11.4 Å². The number of hydrogen-bond acceptors (Lipinski definition) is 2. The zero-order chi connectivity index (χ0) is 9.97. The second-order valence-corrected chi connectivity index (χ2v) is 3.51. The minimum Gasteiger partial charge on any atom is -0.496 e. The first kappa shape index (κ1) is 9.27. The number of aromatic nitrogens is 2. The van der Waals surface area contributed by atoms with E-state index >= 15 is 0 Å². The second kappa shape index (κ2) is 3.84. The molecule has 1 aromatic carbocycles. The normalized spacial score (nSPS) is 10.1. The van der Waals surface area contributed by atoms with Crippen LogP contribution in [-0.2, 0) is 0 Å². The number of imidazole rings is 1. The molecule has 0 atom stereocenters. The van der Waals surface area contributed by atoms with Crippen LogP contribution in [0.15, 0.2) is 29.0 Å². The van der Waals surface area contributed by atoms with Gasteiger partial charge in [-0.15, -0.1) is 0 Å². The average Bonchev–Trinajstić information content (AvgIpc) is 2.65. The third-order valence-corrected chi connectivity index (χ3v) is 2.25. The maximum atomic E-state index is 5.20. The van der Waals surface area contributed by atoms with Crippen molar-refractivity contribution in [3.63, 3.8) is 0 Å². The van der Waals surface area contributed by atoms with Crippen molar-refractivity contribution in [3.05, 3.63) is 35.1 Å². The molecule has 1 N–H and O–H groups in total. The Bertz CT molecular complexity index is 439. The Labute approximate surface area is 90.3 Å². The van der Waals surface area contributed by atoms with Crippen LogP contribution < -0.4 is 4.74 Å². The Morgan fingerprint density at radius 3 is 3.07 bits per heavy atom. The highest BCUT2D eigenvalue weighted by molar-refractivity contribution is 9.10. The van der Waals surface area contributed by atoms with Crippen LogP contribution in [0.1, 0.15) is 0 Å². The molecule has 71 valence electrons. The molecule has 0 fully saturated rings. The molecule has 14 heavy (non-hydrogen) atoms. The van der Waals surface area contributed by atoms with Gasteiger partial charge in [0.2, 0.25) is 0 Å². The molecule has 4 heteroatoms. The lowest BCUT2D eigenvalue weighted by Crippen LogP contribution is -1.88. The highest BCUT2D eigenvalue weighted by Crippen LogP contribution is 2.27. The van der Waals surface area contributed by atoms with Gasteiger partial charge in [0.1, 0.15) is 16.2 Å². The number of nitrogens with zero attached hydrogens (tertiary/aromatic N) is 1. The number of rotatable bonds is 2. The Morgan fingerprint density at radius 2 is 2.43 bits per heavy atom. The molecule has 0 spiro atoms. The minimum absolute atomic E-state index is 0.759. The smallest absolute Gasteiger partial charge is 0.142 e. The van der Waals surface area contributed by atoms with Gasteiger partial charge in [-0.3, -0.25) is 0 Å². The molecule has 0 unspecified atom stereocenters. The zero-order valence-electron chi connectivity index (χ0n) is 7.54. The summed E-state index contributed by atoms with van der Waals surface area (Å²) >= 11 is 3.28. The number of H-pyrrole nitrogens is 1. The molecule has 3 nitrogen and oxygen atoms in total. The number of hydrogen-bond donors (Lipinski definition) is 1. The topological polar surface area (TPSA) is 37.9 Å². The molecule has 0 amide bonds. The molecule has 1 heterocycles. The van der Waals surface area contributed by atoms with E-state index in [9.17, 15) is 0 Å². The fourth-order valence-corrected chi connectivity index (χ4v) is 1.51. The van der Waals surface area contributed by atoms with Crippen molar-refractivity contribution in [1.82, 2.24) is 9.97 Å². The van der Waals surface area contributed by atoms with Gasteiger partial charge in [0.15, 0.2) is 0 Å². The molecular formula is C10H8BrN2O. The zero-order valence-corrected chi connectivity index (χ0v) is 9.13. The summed E-state index contributed by atoms with van der Waals surface area (Å²) in [4.78, 5) is 7.30. The Morgan fingerprint density at radius 1 is 1.57 bits per heavy atom. The van der Waals surface area contributed by atoms with Gasteiger partial charge in [-0.05, 0) is 34.1 Å². The summed E-state index contributed by atoms with van der Waals surface area (Å²) in [6.45, 7) is 0. The number of methoxy groups -OCH3 is 1. The highest BCUT2D eigenvalue weighted by Gasteiger charge is 2.07. The van der Waals surface area contributed by atoms with E-state index in [2.05, 4.69) is 32.0 Å². The first-order valence-corrected chi connectivity index (χ1v) is 4.86. The SMILES string of the molecule is COc1c[c]ccc1-c1nc(Br)c[nH]1. The van der Waals surface area contributed by atoms with Crippen molar-refractivity contribution < 1.29 is 4.74 Å². The van der Waals surface area contributed by atoms with Crippen molar-refractivity contribution in [3.8, 4) is 17.1 Å². The Hall–Kier alpha value is -1.29. The number of halogens is 1. The van der Waals surface area contributed by atoms with Gasteiger partial charge >= 0.3 is 0 Å². The summed E-state index contributed by atoms with van der Waals surface area (Å²) in [5, 5.41) is 0. The van der Waals surface area contributed by atoms with Crippen LogP contribution >= 0.6 is 15.9 Å². The van der Waals surface area contributed by atoms with E-state index in [1.807, 2.05) is 12.1 Å². The molecule has 0 bridgehead atoms. The number of ether oxygens (including phenoxy) is 1. The third-order valence-electron chi connectivity index (χ3n) is 1.85. The molecule has 1 aromatic heterocycles. The Kier molecular flexibility index (Phi) is 2.54. The summed E-state index contributed by atoms with van der Waals surface area (Å²) in [6, 6.07) is 8.47. The summed E-state index contributed by atoms with van der Waals surface area (Å²) < 4.78 is 5.98. The number of aromatic amines is 1. The van der Waals surface area contributed by atoms with E-state index in [-0.39, 0.29) is 0 Å². The van der Waals surface area contributed by atoms with Crippen LogP contribution in [0.4, 0.5) is 0 Å². The van der Waals surface area contributed by atoms with Crippen molar-refractivity contribution in [1.29, 1.82) is 0 Å². The first-order valence-electron chi connectivity index (χ1n) is 4.06. The Balaban J connectivity index is 2.50. The van der Waals surface area contributed by atoms with Gasteiger partial charge in [-0.2, -0.15) is 0 Å². The lowest BCUT2D eigenvalue weighted by Gasteiger charge is -2.04. The lowest BCUT2D eigenvalue weighted by molar-refractivity contribution is 0.416. The van der Waals surface area contributed by atoms with Crippen LogP contribution in [0.3, 0.4) is 0 Å². The van der Waals surface area contributed by atoms with Gasteiger partial charge in [-0.25, -0.2) is 4.98 Å². The minimum atomic E-state index is 0.759. The van der Waals surface area contributed by atoms with Gasteiger partial charge in [0.25, 0.3) is 0 Å². The van der Waals surface area contributed by atoms with Gasteiger partial charge in [0, 0.05) is 6.20 Å². The molecule has 0 aliphatic heterocycles. The number of nitrogens with one attached hydrogen (secondary N) is 1. The quantitative estimate of drug-likeness (QED) is 0.892. The maximum Gasteiger partial charge on any atom is 0.142 e. The molecular weight excluding hydrogens is 244 g/mol. The predicted octanol–water partition coefficient (Wildman–Crippen LogP) is 2.65. The molecule has 0 aliphatic rings. The first-order chi connectivity index (χ1) is 6.81. The molecule has 0 aliphatic carbocycles. The van der Waals surface area contributed by atoms with Crippen LogP contribution in [-0.4, -0.2) is 17.1 Å². The van der Waals surface area contributed by atoms with Crippen molar-refractivity contribution in [2.24, 2.45) is 0 Å². The van der Waals surface area contributed by atoms with E-state index < -0.39 is 0 Å². The third kappa shape index (κ3) is 1.65. The molecule has 1 radical (unpaired) electrons. The summed E-state index contributed by atoms with van der Waals surface area (Å²) in [7, 11) is 1.63. The molecule has 0 saturated carbocycles. The highest BCUT2D eigenvalue weighted by atomic mass is 79.9. The van der Waals surface area contributed by atoms with E-state index in [1.54, 1.807) is 19.4 Å². The van der Waals surface area contributed by atoms with Gasteiger partial charge in [0.05, 0.1) is 12.7 Å². The van der Waals surface area contributed by atoms with Crippen LogP contribution in [0, 0.1) is 6.07 Å². The summed E-state index contributed by atoms with van der Waals surface area (Å²) in [5.74, 6) is 1.54. The standard InChI is InChI=1S/C10H8BrN2O/c1-14-8-5-3-2-4-7(8)10-12-6-9(11)13-10/h2,4-6H,1H3,(H,12,13). The van der Waals surface area contributed by atoms with Crippen LogP contribution in [0.5, 0.6) is 5.75 Å². The van der Waals surface area contributed by atoms with Crippen molar-refractivity contribution >= 4 is 15.9 Å². The van der Waals surface area contributed by atoms with Crippen LogP contribution in [0.2, 0.25) is 0 Å². The second-order valence-electron chi connectivity index (χ2n) is 2.70. The molecule has 2 rings (SSSR count). The lowest BCUT2D eigenvalue weighted by atomic mass is 10.2. The predicted molar refractivity (Wildman–Crippen MR) is 57.1 cm³/mol. The summed E-state index contributed by atoms with van der Waals surface area (Å²) in [5.41, 5.74) is 0.928. The van der Waals surface area contributed by atoms with E-state index in [1.165, 1.54) is 0 Å².